The van der Waals surface area contributed by atoms with Gasteiger partial charge in [0.05, 0.1) is 18.7 Å². The molecule has 4 N–H and O–H groups in total. The van der Waals surface area contributed by atoms with Crippen LogP contribution in [0, 0.1) is 11.8 Å². The molecule has 102 valence electrons. The van der Waals surface area contributed by atoms with Gasteiger partial charge in [0, 0.05) is 29.0 Å². The van der Waals surface area contributed by atoms with Crippen molar-refractivity contribution >= 4 is 17.2 Å². The Kier molecular flexibility index (Phi) is 4.65. The molecule has 2 heterocycles. The van der Waals surface area contributed by atoms with Crippen LogP contribution < -0.4 is 15.9 Å². The maximum atomic E-state index is 11.9. The fraction of sp³-hybridized carbons (Fsp3) is 0.154. The lowest BCUT2D eigenvalue weighted by molar-refractivity contribution is 0.0950. The molecule has 0 aliphatic carbocycles. The van der Waals surface area contributed by atoms with Gasteiger partial charge in [0.15, 0.2) is 0 Å². The monoisotopic (exact) mass is 288 g/mol. The Hall–Kier alpha value is -2.43. The zero-order valence-corrected chi connectivity index (χ0v) is 11.3. The summed E-state index contributed by atoms with van der Waals surface area (Å²) in [6.07, 6.45) is 3.02. The Bertz CT molecular complexity index is 723. The van der Waals surface area contributed by atoms with Gasteiger partial charge in [-0.15, -0.1) is 0 Å². The summed E-state index contributed by atoms with van der Waals surface area (Å²) in [7, 11) is 0. The number of amides is 1. The molecule has 0 unspecified atom stereocenters. The minimum atomic E-state index is -0.277. The quantitative estimate of drug-likeness (QED) is 0.696. The van der Waals surface area contributed by atoms with E-state index in [0.29, 0.717) is 16.8 Å². The third-order valence-corrected chi connectivity index (χ3v) is 3.06. The van der Waals surface area contributed by atoms with Gasteiger partial charge >= 0.3 is 4.87 Å². The summed E-state index contributed by atoms with van der Waals surface area (Å²) in [6, 6.07) is 1.64. The SMILES string of the molecule is NCC#Cc1cncc(C(=O)NCc2csc(=O)[nH]2)c1. The third kappa shape index (κ3) is 3.78. The molecule has 0 spiro atoms. The molecule has 0 bridgehead atoms. The number of rotatable bonds is 3. The zero-order chi connectivity index (χ0) is 14.4. The first-order chi connectivity index (χ1) is 9.69. The van der Waals surface area contributed by atoms with Crippen molar-refractivity contribution in [2.45, 2.75) is 6.54 Å². The number of carbonyl (C=O) groups is 1. The van der Waals surface area contributed by atoms with Crippen molar-refractivity contribution in [3.63, 3.8) is 0 Å². The van der Waals surface area contributed by atoms with Crippen molar-refractivity contribution < 1.29 is 4.79 Å². The van der Waals surface area contributed by atoms with E-state index in [1.807, 2.05) is 0 Å². The number of aromatic nitrogens is 2. The van der Waals surface area contributed by atoms with Gasteiger partial charge in [-0.3, -0.25) is 14.6 Å². The minimum absolute atomic E-state index is 0.144. The smallest absolute Gasteiger partial charge is 0.304 e. The van der Waals surface area contributed by atoms with E-state index in [1.165, 1.54) is 6.20 Å². The van der Waals surface area contributed by atoms with Crippen molar-refractivity contribution in [2.24, 2.45) is 5.73 Å². The molecule has 0 aliphatic heterocycles. The van der Waals surface area contributed by atoms with Crippen LogP contribution in [0.1, 0.15) is 21.6 Å². The first kappa shape index (κ1) is 14.0. The molecular weight excluding hydrogens is 276 g/mol. The second-order valence-corrected chi connectivity index (χ2v) is 4.67. The van der Waals surface area contributed by atoms with Crippen LogP contribution in [0.3, 0.4) is 0 Å². The lowest BCUT2D eigenvalue weighted by Crippen LogP contribution is -2.23. The second kappa shape index (κ2) is 6.65. The first-order valence-electron chi connectivity index (χ1n) is 5.78. The predicted octanol–water partition coefficient (Wildman–Crippen LogP) is 0.0716. The number of nitrogens with two attached hydrogens (primary N) is 1. The minimum Gasteiger partial charge on any atom is -0.346 e. The number of nitrogens with one attached hydrogen (secondary N) is 2. The van der Waals surface area contributed by atoms with Crippen molar-refractivity contribution in [3.05, 3.63) is 50.3 Å². The fourth-order valence-corrected chi connectivity index (χ4v) is 2.05. The Labute approximate surface area is 119 Å². The summed E-state index contributed by atoms with van der Waals surface area (Å²) in [5, 5.41) is 4.37. The van der Waals surface area contributed by atoms with Crippen LogP contribution in [0.4, 0.5) is 0 Å². The van der Waals surface area contributed by atoms with Crippen molar-refractivity contribution in [3.8, 4) is 11.8 Å². The van der Waals surface area contributed by atoms with Crippen LogP contribution in [0.2, 0.25) is 0 Å². The lowest BCUT2D eigenvalue weighted by Gasteiger charge is -2.03. The predicted molar refractivity (Wildman–Crippen MR) is 76.3 cm³/mol. The summed E-state index contributed by atoms with van der Waals surface area (Å²) < 4.78 is 0. The number of carbonyl (C=O) groups excluding carboxylic acids is 1. The molecule has 0 saturated heterocycles. The van der Waals surface area contributed by atoms with E-state index in [2.05, 4.69) is 27.1 Å². The van der Waals surface area contributed by atoms with Crippen molar-refractivity contribution in [1.29, 1.82) is 0 Å². The summed E-state index contributed by atoms with van der Waals surface area (Å²) in [5.74, 6) is 5.24. The highest BCUT2D eigenvalue weighted by Crippen LogP contribution is 2.02. The lowest BCUT2D eigenvalue weighted by atomic mass is 10.2. The van der Waals surface area contributed by atoms with E-state index in [4.69, 9.17) is 5.73 Å². The van der Waals surface area contributed by atoms with E-state index >= 15 is 0 Å². The van der Waals surface area contributed by atoms with Crippen LogP contribution in [0.15, 0.2) is 28.6 Å². The molecule has 0 fully saturated rings. The van der Waals surface area contributed by atoms with Gasteiger partial charge in [-0.25, -0.2) is 0 Å². The zero-order valence-electron chi connectivity index (χ0n) is 10.5. The standard InChI is InChI=1S/C13H12N4O2S/c14-3-1-2-9-4-10(6-15-5-9)12(18)16-7-11-8-20-13(19)17-11/h4-6,8H,3,7,14H2,(H,16,18)(H,17,19). The molecule has 1 amide bonds. The maximum absolute atomic E-state index is 11.9. The van der Waals surface area contributed by atoms with E-state index in [-0.39, 0.29) is 23.9 Å². The number of thiazole rings is 1. The highest BCUT2D eigenvalue weighted by Gasteiger charge is 2.07. The van der Waals surface area contributed by atoms with Gasteiger partial charge < -0.3 is 16.0 Å². The Morgan fingerprint density at radius 3 is 3.05 bits per heavy atom. The number of H-pyrrole nitrogens is 1. The Morgan fingerprint density at radius 2 is 2.35 bits per heavy atom. The molecule has 2 aromatic rings. The van der Waals surface area contributed by atoms with Gasteiger partial charge in [-0.05, 0) is 6.07 Å². The molecule has 0 atom stereocenters. The molecule has 0 aromatic carbocycles. The molecule has 2 rings (SSSR count). The van der Waals surface area contributed by atoms with E-state index in [1.54, 1.807) is 17.6 Å². The molecule has 6 nitrogen and oxygen atoms in total. The average molecular weight is 288 g/mol. The van der Waals surface area contributed by atoms with Crippen LogP contribution in [0.25, 0.3) is 0 Å². The Morgan fingerprint density at radius 1 is 1.50 bits per heavy atom. The van der Waals surface area contributed by atoms with E-state index in [9.17, 15) is 9.59 Å². The highest BCUT2D eigenvalue weighted by molar-refractivity contribution is 7.07. The molecule has 7 heteroatoms. The van der Waals surface area contributed by atoms with Crippen LogP contribution in [0.5, 0.6) is 0 Å². The van der Waals surface area contributed by atoms with Gasteiger partial charge in [0.1, 0.15) is 0 Å². The van der Waals surface area contributed by atoms with Crippen molar-refractivity contribution in [1.82, 2.24) is 15.3 Å². The van der Waals surface area contributed by atoms with Gasteiger partial charge in [0.2, 0.25) is 0 Å². The highest BCUT2D eigenvalue weighted by atomic mass is 32.1. The molecule has 0 aliphatic rings. The first-order valence-corrected chi connectivity index (χ1v) is 6.66. The number of hydrogen-bond donors (Lipinski definition) is 3. The summed E-state index contributed by atoms with van der Waals surface area (Å²) in [5.41, 5.74) is 6.99. The van der Waals surface area contributed by atoms with Crippen LogP contribution >= 0.6 is 11.3 Å². The summed E-state index contributed by atoms with van der Waals surface area (Å²) >= 11 is 1.06. The third-order valence-electron chi connectivity index (χ3n) is 2.35. The molecule has 0 radical (unpaired) electrons. The molecular formula is C13H12N4O2S. The largest absolute Gasteiger partial charge is 0.346 e. The van der Waals surface area contributed by atoms with Crippen LogP contribution in [-0.2, 0) is 6.54 Å². The van der Waals surface area contributed by atoms with E-state index < -0.39 is 0 Å². The van der Waals surface area contributed by atoms with Gasteiger partial charge in [-0.2, -0.15) is 0 Å². The van der Waals surface area contributed by atoms with Gasteiger partial charge in [0.25, 0.3) is 5.91 Å². The number of aromatic amines is 1. The van der Waals surface area contributed by atoms with Crippen molar-refractivity contribution in [2.75, 3.05) is 6.54 Å². The molecule has 2 aromatic heterocycles. The number of hydrogen-bond acceptors (Lipinski definition) is 5. The van der Waals surface area contributed by atoms with E-state index in [0.717, 1.165) is 11.3 Å². The molecule has 0 saturated carbocycles. The second-order valence-electron chi connectivity index (χ2n) is 3.82. The average Bonchev–Trinajstić information content (AvgIpc) is 2.88. The maximum Gasteiger partial charge on any atom is 0.304 e. The van der Waals surface area contributed by atoms with Crippen LogP contribution in [-0.4, -0.2) is 22.4 Å². The fourth-order valence-electron chi connectivity index (χ4n) is 1.46. The summed E-state index contributed by atoms with van der Waals surface area (Å²) in [6.45, 7) is 0.512. The number of nitrogens with zero attached hydrogens (tertiary/aromatic N) is 1. The van der Waals surface area contributed by atoms with Gasteiger partial charge in [-0.1, -0.05) is 23.2 Å². The number of pyridine rings is 1. The normalized spacial score (nSPS) is 9.65. The Balaban J connectivity index is 2.03. The topological polar surface area (TPSA) is 101 Å². The summed E-state index contributed by atoms with van der Waals surface area (Å²) in [4.78, 5) is 29.3. The molecule has 20 heavy (non-hydrogen) atoms.